The Hall–Kier alpha value is -1.91. The number of unbranched alkanes of at least 4 members (excludes halogenated alkanes) is 3. The van der Waals surface area contributed by atoms with Gasteiger partial charge in [-0.15, -0.1) is 0 Å². The Bertz CT molecular complexity index is 1070. The van der Waals surface area contributed by atoms with Gasteiger partial charge in [-0.3, -0.25) is 4.79 Å². The Balaban J connectivity index is 0.00000111. The molecular formula is C37H61F3O3Si2. The fraction of sp³-hybridized carbons (Fsp3) is 0.649. The second kappa shape index (κ2) is 16.8. The predicted octanol–water partition coefficient (Wildman–Crippen LogP) is 10.3. The summed E-state index contributed by atoms with van der Waals surface area (Å²) in [5.41, 5.74) is -0.337. The van der Waals surface area contributed by atoms with Crippen LogP contribution < -0.4 is 10.4 Å². The van der Waals surface area contributed by atoms with Gasteiger partial charge in [-0.25, -0.2) is 0 Å². The zero-order valence-electron chi connectivity index (χ0n) is 30.2. The van der Waals surface area contributed by atoms with E-state index in [1.54, 1.807) is 0 Å². The van der Waals surface area contributed by atoms with Gasteiger partial charge >= 0.3 is 11.8 Å². The number of rotatable bonds is 12. The van der Waals surface area contributed by atoms with Crippen LogP contribution in [0, 0.1) is 11.3 Å². The van der Waals surface area contributed by atoms with Crippen LogP contribution in [0.1, 0.15) is 101 Å². The highest BCUT2D eigenvalue weighted by atomic mass is 28.4. The van der Waals surface area contributed by atoms with Crippen LogP contribution in [-0.2, 0) is 14.0 Å². The van der Waals surface area contributed by atoms with Crippen molar-refractivity contribution in [1.82, 2.24) is 0 Å². The highest BCUT2D eigenvalue weighted by molar-refractivity contribution is 6.99. The first-order valence-corrected chi connectivity index (χ1v) is 21.9. The number of hydrogen-bond donors (Lipinski definition) is 0. The van der Waals surface area contributed by atoms with Gasteiger partial charge in [0.05, 0.1) is 5.92 Å². The van der Waals surface area contributed by atoms with Crippen LogP contribution in [0.3, 0.4) is 0 Å². The van der Waals surface area contributed by atoms with Crippen molar-refractivity contribution in [2.24, 2.45) is 11.3 Å². The highest BCUT2D eigenvalue weighted by Gasteiger charge is 2.50. The lowest BCUT2D eigenvalue weighted by Crippen LogP contribution is -2.66. The molecule has 0 amide bonds. The van der Waals surface area contributed by atoms with Crippen molar-refractivity contribution in [3.05, 3.63) is 60.7 Å². The number of alkyl halides is 3. The highest BCUT2D eigenvalue weighted by Crippen LogP contribution is 2.37. The standard InChI is InChI=1S/C33H52O3Si.C4H9F3Si/c1-31(2,3)26-27(30(34)36-32(4,5)6)20-14-10-11-19-25-35-37(33(7,8)9,28-21-15-12-16-22-28)29-23-17-13-18-24-29;1-8(2,3)4(5,6)7/h12-13,15-18,21-24,27H,10-11,14,19-20,25-26H2,1-9H3;1-3H3. The minimum atomic E-state index is -3.92. The molecule has 8 heteroatoms. The van der Waals surface area contributed by atoms with Gasteiger partial charge in [0.2, 0.25) is 0 Å². The minimum Gasteiger partial charge on any atom is -0.460 e. The van der Waals surface area contributed by atoms with E-state index in [9.17, 15) is 18.0 Å². The van der Waals surface area contributed by atoms with Crippen molar-refractivity contribution in [2.75, 3.05) is 6.61 Å². The molecule has 3 nitrogen and oxygen atoms in total. The summed E-state index contributed by atoms with van der Waals surface area (Å²) in [6.07, 6.45) is 6.03. The van der Waals surface area contributed by atoms with Crippen LogP contribution in [0.15, 0.2) is 60.7 Å². The molecule has 0 fully saturated rings. The summed E-state index contributed by atoms with van der Waals surface area (Å²) in [5.74, 6) is -4.00. The van der Waals surface area contributed by atoms with Gasteiger partial charge in [0.15, 0.2) is 8.07 Å². The summed E-state index contributed by atoms with van der Waals surface area (Å²) in [6, 6.07) is 21.7. The summed E-state index contributed by atoms with van der Waals surface area (Å²) in [4.78, 5) is 12.8. The molecule has 0 saturated carbocycles. The minimum absolute atomic E-state index is 0.00327. The van der Waals surface area contributed by atoms with Crippen molar-refractivity contribution in [3.8, 4) is 0 Å². The maximum Gasteiger partial charge on any atom is 0.360 e. The van der Waals surface area contributed by atoms with E-state index in [0.717, 1.165) is 45.1 Å². The zero-order chi connectivity index (χ0) is 34.7. The second-order valence-corrected chi connectivity index (χ2v) is 25.8. The molecule has 0 aliphatic carbocycles. The summed E-state index contributed by atoms with van der Waals surface area (Å²) in [6.45, 7) is 24.0. The van der Waals surface area contributed by atoms with E-state index in [1.807, 2.05) is 20.8 Å². The molecule has 0 heterocycles. The smallest absolute Gasteiger partial charge is 0.360 e. The third-order valence-electron chi connectivity index (χ3n) is 7.63. The molecule has 0 N–H and O–H groups in total. The molecule has 45 heavy (non-hydrogen) atoms. The molecule has 0 spiro atoms. The molecule has 2 aromatic rings. The van der Waals surface area contributed by atoms with Crippen LogP contribution in [0.2, 0.25) is 24.7 Å². The summed E-state index contributed by atoms with van der Waals surface area (Å²) in [7, 11) is -5.32. The number of carbonyl (C=O) groups excluding carboxylic acids is 1. The third-order valence-corrected chi connectivity index (χ3v) is 14.4. The summed E-state index contributed by atoms with van der Waals surface area (Å²) in [5, 5.41) is 2.66. The summed E-state index contributed by atoms with van der Waals surface area (Å²) >= 11 is 0. The van der Waals surface area contributed by atoms with E-state index in [1.165, 1.54) is 30.0 Å². The van der Waals surface area contributed by atoms with Crippen LogP contribution in [0.4, 0.5) is 13.2 Å². The Morgan fingerprint density at radius 1 is 0.711 bits per heavy atom. The second-order valence-electron chi connectivity index (χ2n) is 16.5. The van der Waals surface area contributed by atoms with Gasteiger partial charge in [-0.2, -0.15) is 13.2 Å². The van der Waals surface area contributed by atoms with Crippen molar-refractivity contribution in [3.63, 3.8) is 0 Å². The van der Waals surface area contributed by atoms with Gasteiger partial charge in [0, 0.05) is 6.61 Å². The van der Waals surface area contributed by atoms with Crippen LogP contribution >= 0.6 is 0 Å². The molecule has 0 saturated heterocycles. The monoisotopic (exact) mass is 666 g/mol. The molecule has 0 bridgehead atoms. The third kappa shape index (κ3) is 14.2. The maximum atomic E-state index is 12.8. The number of halogens is 3. The van der Waals surface area contributed by atoms with E-state index >= 15 is 0 Å². The SMILES string of the molecule is CC(C)(C)CC(CCCCCCO[Si](c1ccccc1)(c1ccccc1)C(C)(C)C)C(=O)OC(C)(C)C.C[Si](C)(C)C(F)(F)F. The number of hydrogen-bond acceptors (Lipinski definition) is 3. The molecular weight excluding hydrogens is 606 g/mol. The average Bonchev–Trinajstić information content (AvgIpc) is 2.87. The van der Waals surface area contributed by atoms with Crippen molar-refractivity contribution in [2.45, 2.75) is 137 Å². The van der Waals surface area contributed by atoms with E-state index in [0.29, 0.717) is 0 Å². The molecule has 0 aliphatic heterocycles. The van der Waals surface area contributed by atoms with Gasteiger partial charge in [0.1, 0.15) is 5.60 Å². The van der Waals surface area contributed by atoms with Gasteiger partial charge in [-0.05, 0) is 60.9 Å². The Morgan fingerprint density at radius 3 is 1.49 bits per heavy atom. The molecule has 1 atom stereocenters. The lowest BCUT2D eigenvalue weighted by Gasteiger charge is -2.43. The lowest BCUT2D eigenvalue weighted by molar-refractivity contribution is -0.161. The maximum absolute atomic E-state index is 12.8. The van der Waals surface area contributed by atoms with Crippen molar-refractivity contribution in [1.29, 1.82) is 0 Å². The van der Waals surface area contributed by atoms with Crippen LogP contribution in [-0.4, -0.2) is 40.4 Å². The van der Waals surface area contributed by atoms with E-state index in [-0.39, 0.29) is 22.3 Å². The molecule has 0 aliphatic rings. The van der Waals surface area contributed by atoms with Crippen LogP contribution in [0.25, 0.3) is 0 Å². The largest absolute Gasteiger partial charge is 0.460 e. The van der Waals surface area contributed by atoms with Gasteiger partial charge in [0.25, 0.3) is 8.32 Å². The topological polar surface area (TPSA) is 35.5 Å². The van der Waals surface area contributed by atoms with E-state index < -0.39 is 27.8 Å². The Labute approximate surface area is 274 Å². The number of carbonyl (C=O) groups is 1. The molecule has 2 aromatic carbocycles. The Morgan fingerprint density at radius 2 is 1.13 bits per heavy atom. The van der Waals surface area contributed by atoms with E-state index in [4.69, 9.17) is 9.16 Å². The summed E-state index contributed by atoms with van der Waals surface area (Å²) < 4.78 is 47.6. The molecule has 256 valence electrons. The lowest BCUT2D eigenvalue weighted by atomic mass is 9.82. The molecule has 2 rings (SSSR count). The fourth-order valence-electron chi connectivity index (χ4n) is 5.26. The zero-order valence-corrected chi connectivity index (χ0v) is 32.2. The number of ether oxygens (including phenoxy) is 1. The normalized spacial score (nSPS) is 13.9. The Kier molecular flexibility index (Phi) is 15.3. The number of esters is 1. The molecule has 1 unspecified atom stereocenters. The number of benzene rings is 2. The van der Waals surface area contributed by atoms with Gasteiger partial charge < -0.3 is 9.16 Å². The average molecular weight is 667 g/mol. The van der Waals surface area contributed by atoms with Crippen molar-refractivity contribution < 1.29 is 27.1 Å². The van der Waals surface area contributed by atoms with Gasteiger partial charge in [-0.1, -0.05) is 141 Å². The van der Waals surface area contributed by atoms with Crippen molar-refractivity contribution >= 4 is 32.7 Å². The first kappa shape index (κ1) is 41.1. The quantitative estimate of drug-likeness (QED) is 0.128. The first-order valence-electron chi connectivity index (χ1n) is 16.5. The molecule has 0 radical (unpaired) electrons. The predicted molar refractivity (Wildman–Crippen MR) is 189 cm³/mol. The molecule has 0 aromatic heterocycles. The fourth-order valence-corrected chi connectivity index (χ4v) is 9.87. The first-order chi connectivity index (χ1) is 20.4. The van der Waals surface area contributed by atoms with E-state index in [2.05, 4.69) is 102 Å². The van der Waals surface area contributed by atoms with Crippen LogP contribution in [0.5, 0.6) is 0 Å².